The maximum absolute atomic E-state index is 11.6. The molecule has 318 valence electrons. The van der Waals surface area contributed by atoms with Gasteiger partial charge >= 0.3 is 0 Å². The van der Waals surface area contributed by atoms with Crippen molar-refractivity contribution in [3.05, 3.63) is 211 Å². The van der Waals surface area contributed by atoms with Crippen LogP contribution in [0, 0.1) is 17.9 Å². The molecule has 9 aromatic rings. The Morgan fingerprint density at radius 2 is 0.746 bits per heavy atom. The van der Waals surface area contributed by atoms with Gasteiger partial charge in [0.15, 0.2) is 34.5 Å². The average molecular weight is 867 g/mol. The molecule has 8 nitrogen and oxygen atoms in total. The SMILES string of the molecule is [C-]#[N+]c1c(C#N)c(N2c3ccc(-c4ccccc4)cc3Oc3cc(-c4ccccc4)ccc32)c2c(c1N1c3ccc(-c4ccccc4)cc3Oc3cc(-c4ccccc4)ccc31)OC(C)(C)O2. The summed E-state index contributed by atoms with van der Waals surface area (Å²) in [6, 6.07) is 67.2. The Bertz CT molecular complexity index is 3120. The van der Waals surface area contributed by atoms with Crippen molar-refractivity contribution >= 4 is 39.8 Å². The van der Waals surface area contributed by atoms with Crippen molar-refractivity contribution in [2.24, 2.45) is 0 Å². The highest BCUT2D eigenvalue weighted by atomic mass is 16.7. The third-order valence-corrected chi connectivity index (χ3v) is 12.4. The molecule has 0 saturated heterocycles. The maximum Gasteiger partial charge on any atom is 0.246 e. The number of fused-ring (bicyclic) bond motifs is 5. The second-order valence-electron chi connectivity index (χ2n) is 17.0. The molecule has 8 heteroatoms. The first kappa shape index (κ1) is 39.4. The van der Waals surface area contributed by atoms with E-state index in [0.717, 1.165) is 44.5 Å². The average Bonchev–Trinajstić information content (AvgIpc) is 3.71. The van der Waals surface area contributed by atoms with Gasteiger partial charge in [0.2, 0.25) is 11.5 Å². The van der Waals surface area contributed by atoms with Gasteiger partial charge in [-0.3, -0.25) is 4.90 Å². The second-order valence-corrected chi connectivity index (χ2v) is 17.0. The zero-order valence-corrected chi connectivity index (χ0v) is 36.4. The van der Waals surface area contributed by atoms with Crippen LogP contribution in [-0.2, 0) is 0 Å². The fourth-order valence-electron chi connectivity index (χ4n) is 9.35. The normalized spacial score (nSPS) is 13.4. The number of benzene rings is 9. The summed E-state index contributed by atoms with van der Waals surface area (Å²) in [6.07, 6.45) is 0. The highest BCUT2D eigenvalue weighted by molar-refractivity contribution is 6.05. The topological polar surface area (TPSA) is 71.6 Å². The van der Waals surface area contributed by atoms with Gasteiger partial charge in [-0.1, -0.05) is 146 Å². The van der Waals surface area contributed by atoms with Crippen LogP contribution in [0.2, 0.25) is 0 Å². The van der Waals surface area contributed by atoms with Crippen molar-refractivity contribution in [1.82, 2.24) is 0 Å². The van der Waals surface area contributed by atoms with Gasteiger partial charge in [0.1, 0.15) is 11.4 Å². The minimum Gasteiger partial charge on any atom is -0.453 e. The van der Waals surface area contributed by atoms with Crippen molar-refractivity contribution in [3.63, 3.8) is 0 Å². The lowest BCUT2D eigenvalue weighted by Crippen LogP contribution is -2.30. The molecule has 0 aromatic heterocycles. The van der Waals surface area contributed by atoms with E-state index in [0.29, 0.717) is 68.6 Å². The minimum absolute atomic E-state index is 0.0898. The molecule has 0 saturated carbocycles. The van der Waals surface area contributed by atoms with Crippen LogP contribution < -0.4 is 28.7 Å². The number of rotatable bonds is 6. The molecule has 0 N–H and O–H groups in total. The zero-order chi connectivity index (χ0) is 45.2. The fourth-order valence-corrected chi connectivity index (χ4v) is 9.35. The Kier molecular flexibility index (Phi) is 9.10. The predicted molar refractivity (Wildman–Crippen MR) is 264 cm³/mol. The van der Waals surface area contributed by atoms with Crippen molar-refractivity contribution in [2.45, 2.75) is 19.6 Å². The zero-order valence-electron chi connectivity index (χ0n) is 36.4. The van der Waals surface area contributed by atoms with E-state index >= 15 is 0 Å². The van der Waals surface area contributed by atoms with Crippen LogP contribution in [0.3, 0.4) is 0 Å². The third-order valence-electron chi connectivity index (χ3n) is 12.4. The van der Waals surface area contributed by atoms with E-state index in [2.05, 4.69) is 59.4 Å². The first-order chi connectivity index (χ1) is 32.9. The summed E-state index contributed by atoms with van der Waals surface area (Å²) < 4.78 is 27.5. The number of nitrogens with zero attached hydrogens (tertiary/aromatic N) is 4. The largest absolute Gasteiger partial charge is 0.453 e. The van der Waals surface area contributed by atoms with Gasteiger partial charge in [0.05, 0.1) is 41.0 Å². The number of ether oxygens (including phenoxy) is 4. The first-order valence-electron chi connectivity index (χ1n) is 22.0. The fraction of sp³-hybridized carbons (Fsp3) is 0.0508. The molecule has 9 aromatic carbocycles. The van der Waals surface area contributed by atoms with Crippen LogP contribution >= 0.6 is 0 Å². The monoisotopic (exact) mass is 866 g/mol. The molecule has 12 rings (SSSR count). The lowest BCUT2D eigenvalue weighted by molar-refractivity contribution is -0.0427. The Morgan fingerprint density at radius 3 is 1.06 bits per heavy atom. The lowest BCUT2D eigenvalue weighted by atomic mass is 9.98. The van der Waals surface area contributed by atoms with Gasteiger partial charge in [-0.25, -0.2) is 4.85 Å². The van der Waals surface area contributed by atoms with Gasteiger partial charge in [-0.2, -0.15) is 5.26 Å². The summed E-state index contributed by atoms with van der Waals surface area (Å²) in [6.45, 7) is 12.7. The van der Waals surface area contributed by atoms with Crippen LogP contribution in [0.1, 0.15) is 19.4 Å². The van der Waals surface area contributed by atoms with Crippen molar-refractivity contribution in [1.29, 1.82) is 5.26 Å². The molecule has 0 spiro atoms. The molecule has 0 radical (unpaired) electrons. The van der Waals surface area contributed by atoms with E-state index in [1.807, 2.05) is 169 Å². The van der Waals surface area contributed by atoms with Gasteiger partial charge in [-0.15, -0.1) is 0 Å². The molecule has 0 fully saturated rings. The molecule has 3 heterocycles. The molecule has 0 amide bonds. The van der Waals surface area contributed by atoms with Crippen LogP contribution in [0.25, 0.3) is 49.4 Å². The molecule has 67 heavy (non-hydrogen) atoms. The molecular formula is C59H38N4O4. The van der Waals surface area contributed by atoms with E-state index in [1.54, 1.807) is 0 Å². The van der Waals surface area contributed by atoms with E-state index < -0.39 is 5.79 Å². The number of hydrogen-bond acceptors (Lipinski definition) is 7. The Labute approximate surface area is 388 Å². The predicted octanol–water partition coefficient (Wildman–Crippen LogP) is 16.4. The van der Waals surface area contributed by atoms with Crippen LogP contribution in [-0.4, -0.2) is 5.79 Å². The number of anilines is 6. The third kappa shape index (κ3) is 6.59. The number of hydrogen-bond donors (Lipinski definition) is 0. The summed E-state index contributed by atoms with van der Waals surface area (Å²) in [5.41, 5.74) is 11.6. The molecule has 3 aliphatic rings. The Hall–Kier alpha value is -9.24. The van der Waals surface area contributed by atoms with Gasteiger partial charge < -0.3 is 23.8 Å². The van der Waals surface area contributed by atoms with Gasteiger partial charge in [0.25, 0.3) is 0 Å². The molecule has 0 atom stereocenters. The van der Waals surface area contributed by atoms with Gasteiger partial charge in [-0.05, 0) is 93.0 Å². The van der Waals surface area contributed by atoms with E-state index in [-0.39, 0.29) is 11.3 Å². The molecule has 3 aliphatic heterocycles. The van der Waals surface area contributed by atoms with Crippen molar-refractivity contribution < 1.29 is 18.9 Å². The Morgan fingerprint density at radius 1 is 0.433 bits per heavy atom. The molecule has 0 unspecified atom stereocenters. The second kappa shape index (κ2) is 15.5. The van der Waals surface area contributed by atoms with E-state index in [9.17, 15) is 5.26 Å². The summed E-state index contributed by atoms with van der Waals surface area (Å²) in [5, 5.41) is 11.6. The molecule has 0 aliphatic carbocycles. The van der Waals surface area contributed by atoms with Crippen LogP contribution in [0.4, 0.5) is 39.8 Å². The van der Waals surface area contributed by atoms with Crippen molar-refractivity contribution in [2.75, 3.05) is 9.80 Å². The summed E-state index contributed by atoms with van der Waals surface area (Å²) in [7, 11) is 0. The molecule has 0 bridgehead atoms. The van der Waals surface area contributed by atoms with E-state index in [4.69, 9.17) is 25.5 Å². The standard InChI is InChI=1S/C59H38N4O4/c1-59(2)66-57-55(62-46-28-24-41(37-16-8-4-9-17-37)32-50(46)64-51-33-42(25-29-47(51)62)38-18-10-5-11-19-38)45(36-60)54(61-3)56(58(57)67-59)63-48-30-26-43(39-20-12-6-13-21-39)34-52(48)65-53-35-44(27-31-49(53)63)40-22-14-7-15-23-40/h4-35H,1-2H3. The Balaban J connectivity index is 1.11. The van der Waals surface area contributed by atoms with E-state index in [1.165, 1.54) is 0 Å². The number of nitriles is 1. The van der Waals surface area contributed by atoms with Gasteiger partial charge in [0, 0.05) is 13.8 Å². The highest BCUT2D eigenvalue weighted by Crippen LogP contribution is 2.66. The minimum atomic E-state index is -1.20. The van der Waals surface area contributed by atoms with Crippen molar-refractivity contribution in [3.8, 4) is 85.1 Å². The summed E-state index contributed by atoms with van der Waals surface area (Å²) >= 11 is 0. The van der Waals surface area contributed by atoms with Crippen LogP contribution in [0.15, 0.2) is 194 Å². The summed E-state index contributed by atoms with van der Waals surface area (Å²) in [5.74, 6) is 1.73. The smallest absolute Gasteiger partial charge is 0.246 e. The highest BCUT2D eigenvalue weighted by Gasteiger charge is 2.45. The maximum atomic E-state index is 11.6. The quantitative estimate of drug-likeness (QED) is 0.154. The first-order valence-corrected chi connectivity index (χ1v) is 22.0. The lowest BCUT2D eigenvalue weighted by Gasteiger charge is -2.37. The summed E-state index contributed by atoms with van der Waals surface area (Å²) in [4.78, 5) is 8.21. The van der Waals surface area contributed by atoms with Crippen LogP contribution in [0.5, 0.6) is 34.5 Å². The molecular weight excluding hydrogens is 829 g/mol.